The Kier molecular flexibility index (Phi) is 7.45. The average molecular weight is 417 g/mol. The molecule has 0 saturated carbocycles. The monoisotopic (exact) mass is 416 g/mol. The Morgan fingerprint density at radius 2 is 1.86 bits per heavy atom. The van der Waals surface area contributed by atoms with Crippen LogP contribution in [0.1, 0.15) is 29.7 Å². The molecule has 3 aromatic rings. The van der Waals surface area contributed by atoms with Gasteiger partial charge in [0.15, 0.2) is 0 Å². The SMILES string of the molecule is CCOc1ccc(OCCCC(=O)NCc2ccc(-c3csc(C)n3)s2)cc1. The number of hydrogen-bond donors (Lipinski definition) is 1. The van der Waals surface area contributed by atoms with Crippen LogP contribution in [-0.4, -0.2) is 24.1 Å². The Morgan fingerprint density at radius 1 is 1.11 bits per heavy atom. The summed E-state index contributed by atoms with van der Waals surface area (Å²) in [6.45, 7) is 5.66. The maximum absolute atomic E-state index is 12.0. The summed E-state index contributed by atoms with van der Waals surface area (Å²) in [6.07, 6.45) is 1.12. The summed E-state index contributed by atoms with van der Waals surface area (Å²) in [5.41, 5.74) is 1.01. The van der Waals surface area contributed by atoms with E-state index in [0.717, 1.165) is 32.0 Å². The van der Waals surface area contributed by atoms with Gasteiger partial charge in [-0.05, 0) is 56.7 Å². The molecule has 1 N–H and O–H groups in total. The van der Waals surface area contributed by atoms with Crippen LogP contribution in [0, 0.1) is 6.92 Å². The molecule has 0 aliphatic carbocycles. The number of carbonyl (C=O) groups is 1. The molecular weight excluding hydrogens is 392 g/mol. The van der Waals surface area contributed by atoms with E-state index in [-0.39, 0.29) is 5.91 Å². The number of hydrogen-bond acceptors (Lipinski definition) is 6. The van der Waals surface area contributed by atoms with Crippen LogP contribution in [0.2, 0.25) is 0 Å². The number of aryl methyl sites for hydroxylation is 1. The van der Waals surface area contributed by atoms with E-state index in [9.17, 15) is 4.79 Å². The highest BCUT2D eigenvalue weighted by molar-refractivity contribution is 7.16. The summed E-state index contributed by atoms with van der Waals surface area (Å²) >= 11 is 3.31. The largest absolute Gasteiger partial charge is 0.494 e. The highest BCUT2D eigenvalue weighted by atomic mass is 32.1. The minimum atomic E-state index is 0.0368. The Morgan fingerprint density at radius 3 is 2.54 bits per heavy atom. The number of carbonyl (C=O) groups excluding carboxylic acids is 1. The zero-order valence-corrected chi connectivity index (χ0v) is 17.7. The van der Waals surface area contributed by atoms with Gasteiger partial charge in [-0.15, -0.1) is 22.7 Å². The van der Waals surface area contributed by atoms with E-state index >= 15 is 0 Å². The lowest BCUT2D eigenvalue weighted by atomic mass is 10.3. The molecule has 1 amide bonds. The Labute approximate surface area is 173 Å². The van der Waals surface area contributed by atoms with Gasteiger partial charge in [0.2, 0.25) is 5.91 Å². The van der Waals surface area contributed by atoms with Crippen molar-refractivity contribution in [1.82, 2.24) is 10.3 Å². The lowest BCUT2D eigenvalue weighted by Crippen LogP contribution is -2.22. The van der Waals surface area contributed by atoms with Crippen molar-refractivity contribution in [3.05, 3.63) is 51.7 Å². The number of thiazole rings is 1. The predicted molar refractivity (Wildman–Crippen MR) is 114 cm³/mol. The van der Waals surface area contributed by atoms with Crippen LogP contribution < -0.4 is 14.8 Å². The first-order valence-electron chi connectivity index (χ1n) is 9.27. The molecule has 0 bridgehead atoms. The molecule has 2 aromatic heterocycles. The molecular formula is C21H24N2O3S2. The smallest absolute Gasteiger partial charge is 0.220 e. The normalized spacial score (nSPS) is 10.6. The number of nitrogens with one attached hydrogen (secondary N) is 1. The number of aromatic nitrogens is 1. The van der Waals surface area contributed by atoms with Gasteiger partial charge < -0.3 is 14.8 Å². The first-order chi connectivity index (χ1) is 13.6. The van der Waals surface area contributed by atoms with Crippen LogP contribution in [0.3, 0.4) is 0 Å². The molecule has 0 spiro atoms. The molecule has 5 nitrogen and oxygen atoms in total. The first kappa shape index (κ1) is 20.4. The van der Waals surface area contributed by atoms with Crippen LogP contribution in [-0.2, 0) is 11.3 Å². The van der Waals surface area contributed by atoms with Gasteiger partial charge >= 0.3 is 0 Å². The van der Waals surface area contributed by atoms with Crippen LogP contribution in [0.4, 0.5) is 0 Å². The molecule has 1 aromatic carbocycles. The van der Waals surface area contributed by atoms with E-state index in [4.69, 9.17) is 9.47 Å². The van der Waals surface area contributed by atoms with Gasteiger partial charge in [0.25, 0.3) is 0 Å². The predicted octanol–water partition coefficient (Wildman–Crippen LogP) is 5.05. The number of rotatable bonds is 10. The second-order valence-electron chi connectivity index (χ2n) is 6.15. The summed E-state index contributed by atoms with van der Waals surface area (Å²) in [4.78, 5) is 18.8. The summed E-state index contributed by atoms with van der Waals surface area (Å²) in [7, 11) is 0. The molecule has 0 atom stereocenters. The fourth-order valence-corrected chi connectivity index (χ4v) is 4.18. The van der Waals surface area contributed by atoms with Crippen molar-refractivity contribution < 1.29 is 14.3 Å². The third-order valence-electron chi connectivity index (χ3n) is 3.94. The Hall–Kier alpha value is -2.38. The van der Waals surface area contributed by atoms with Crippen molar-refractivity contribution in [1.29, 1.82) is 0 Å². The van der Waals surface area contributed by atoms with Crippen molar-refractivity contribution in [3.8, 4) is 22.1 Å². The first-order valence-corrected chi connectivity index (χ1v) is 11.0. The average Bonchev–Trinajstić information content (AvgIpc) is 3.34. The summed E-state index contributed by atoms with van der Waals surface area (Å²) in [5.74, 6) is 1.65. The van der Waals surface area contributed by atoms with E-state index in [0.29, 0.717) is 32.6 Å². The molecule has 0 unspecified atom stereocenters. The maximum atomic E-state index is 12.0. The van der Waals surface area contributed by atoms with Crippen molar-refractivity contribution in [2.45, 2.75) is 33.2 Å². The zero-order chi connectivity index (χ0) is 19.8. The maximum Gasteiger partial charge on any atom is 0.220 e. The number of benzene rings is 1. The molecule has 2 heterocycles. The lowest BCUT2D eigenvalue weighted by Gasteiger charge is -2.08. The van der Waals surface area contributed by atoms with Crippen LogP contribution in [0.5, 0.6) is 11.5 Å². The van der Waals surface area contributed by atoms with Crippen LogP contribution >= 0.6 is 22.7 Å². The molecule has 28 heavy (non-hydrogen) atoms. The van der Waals surface area contributed by atoms with Gasteiger partial charge in [-0.2, -0.15) is 0 Å². The Bertz CT molecular complexity index is 887. The van der Waals surface area contributed by atoms with Crippen molar-refractivity contribution >= 4 is 28.6 Å². The third-order valence-corrected chi connectivity index (χ3v) is 5.83. The van der Waals surface area contributed by atoms with Gasteiger partial charge in [0.1, 0.15) is 11.5 Å². The van der Waals surface area contributed by atoms with Crippen LogP contribution in [0.25, 0.3) is 10.6 Å². The van der Waals surface area contributed by atoms with Gasteiger partial charge in [-0.1, -0.05) is 0 Å². The molecule has 0 saturated heterocycles. The zero-order valence-electron chi connectivity index (χ0n) is 16.1. The van der Waals surface area contributed by atoms with Gasteiger partial charge in [0, 0.05) is 16.7 Å². The molecule has 0 fully saturated rings. The molecule has 0 radical (unpaired) electrons. The molecule has 0 aliphatic rings. The topological polar surface area (TPSA) is 60.5 Å². The van der Waals surface area contributed by atoms with E-state index in [2.05, 4.69) is 21.7 Å². The minimum absolute atomic E-state index is 0.0368. The fraction of sp³-hybridized carbons (Fsp3) is 0.333. The third kappa shape index (κ3) is 6.07. The highest BCUT2D eigenvalue weighted by Crippen LogP contribution is 2.28. The molecule has 3 rings (SSSR count). The second-order valence-corrected chi connectivity index (χ2v) is 8.38. The van der Waals surface area contributed by atoms with Gasteiger partial charge in [-0.25, -0.2) is 4.98 Å². The number of thiophene rings is 1. The summed E-state index contributed by atoms with van der Waals surface area (Å²) in [6, 6.07) is 11.6. The van der Waals surface area contributed by atoms with Crippen molar-refractivity contribution in [2.24, 2.45) is 0 Å². The van der Waals surface area contributed by atoms with Gasteiger partial charge in [-0.3, -0.25) is 4.79 Å². The molecule has 0 aliphatic heterocycles. The Balaban J connectivity index is 1.34. The van der Waals surface area contributed by atoms with Crippen molar-refractivity contribution in [3.63, 3.8) is 0 Å². The number of ether oxygens (including phenoxy) is 2. The summed E-state index contributed by atoms with van der Waals surface area (Å²) in [5, 5.41) is 6.09. The van der Waals surface area contributed by atoms with Crippen molar-refractivity contribution in [2.75, 3.05) is 13.2 Å². The van der Waals surface area contributed by atoms with E-state index in [1.54, 1.807) is 22.7 Å². The molecule has 7 heteroatoms. The quantitative estimate of drug-likeness (QED) is 0.470. The lowest BCUT2D eigenvalue weighted by molar-refractivity contribution is -0.121. The fourth-order valence-electron chi connectivity index (χ4n) is 2.58. The van der Waals surface area contributed by atoms with E-state index in [1.807, 2.05) is 44.2 Å². The number of nitrogens with zero attached hydrogens (tertiary/aromatic N) is 1. The standard InChI is InChI=1S/C21H24N2O3S2/c1-3-25-16-6-8-17(9-7-16)26-12-4-5-21(24)22-13-18-10-11-20(28-18)19-14-27-15(2)23-19/h6-11,14H,3-5,12-13H2,1-2H3,(H,22,24). The molecule has 148 valence electrons. The minimum Gasteiger partial charge on any atom is -0.494 e. The van der Waals surface area contributed by atoms with Gasteiger partial charge in [0.05, 0.1) is 35.3 Å². The van der Waals surface area contributed by atoms with E-state index in [1.165, 1.54) is 0 Å². The second kappa shape index (κ2) is 10.2. The highest BCUT2D eigenvalue weighted by Gasteiger charge is 2.07. The summed E-state index contributed by atoms with van der Waals surface area (Å²) < 4.78 is 11.1. The van der Waals surface area contributed by atoms with E-state index < -0.39 is 0 Å². The number of amides is 1. The van der Waals surface area contributed by atoms with Crippen LogP contribution in [0.15, 0.2) is 41.8 Å².